The zero-order valence-corrected chi connectivity index (χ0v) is 20.2. The van der Waals surface area contributed by atoms with Crippen LogP contribution in [0, 0.1) is 5.92 Å². The number of piperidine rings is 1. The molecule has 9 heteroatoms. The second kappa shape index (κ2) is 10.5. The lowest BCUT2D eigenvalue weighted by Crippen LogP contribution is -2.40. The first-order valence-corrected chi connectivity index (χ1v) is 11.8. The molecule has 3 heterocycles. The monoisotopic (exact) mass is 456 g/mol. The van der Waals surface area contributed by atoms with Crippen LogP contribution in [-0.2, 0) is 24.3 Å². The SMILES string of the molecule is COc1cc(CN2CCc3nnc([C@H](C)NC(=O)C4CCN(C)CC4)n3CC2)cc(OC)c1. The molecule has 1 amide bonds. The zero-order valence-electron chi connectivity index (χ0n) is 20.2. The number of hydrogen-bond donors (Lipinski definition) is 1. The molecule has 0 saturated carbocycles. The van der Waals surface area contributed by atoms with Crippen molar-refractivity contribution >= 4 is 5.91 Å². The van der Waals surface area contributed by atoms with Crippen molar-refractivity contribution in [2.45, 2.75) is 45.3 Å². The zero-order chi connectivity index (χ0) is 23.4. The number of nitrogens with one attached hydrogen (secondary N) is 1. The first kappa shape index (κ1) is 23.5. The number of benzene rings is 1. The maximum Gasteiger partial charge on any atom is 0.223 e. The molecule has 1 aromatic carbocycles. The fourth-order valence-electron chi connectivity index (χ4n) is 4.75. The molecule has 180 valence electrons. The quantitative estimate of drug-likeness (QED) is 0.681. The Bertz CT molecular complexity index is 931. The van der Waals surface area contributed by atoms with Crippen LogP contribution >= 0.6 is 0 Å². The van der Waals surface area contributed by atoms with Crippen molar-refractivity contribution in [1.29, 1.82) is 0 Å². The summed E-state index contributed by atoms with van der Waals surface area (Å²) in [7, 11) is 5.45. The largest absolute Gasteiger partial charge is 0.497 e. The van der Waals surface area contributed by atoms with Crippen molar-refractivity contribution in [3.8, 4) is 11.5 Å². The number of methoxy groups -OCH3 is 2. The van der Waals surface area contributed by atoms with E-state index >= 15 is 0 Å². The molecule has 1 aromatic heterocycles. The Labute approximate surface area is 196 Å². The van der Waals surface area contributed by atoms with Crippen molar-refractivity contribution in [1.82, 2.24) is 29.9 Å². The Hall–Kier alpha value is -2.65. The molecular formula is C24H36N6O3. The van der Waals surface area contributed by atoms with Gasteiger partial charge in [-0.25, -0.2) is 0 Å². The Morgan fingerprint density at radius 3 is 2.42 bits per heavy atom. The molecule has 1 saturated heterocycles. The van der Waals surface area contributed by atoms with Crippen molar-refractivity contribution in [3.05, 3.63) is 35.4 Å². The fourth-order valence-corrected chi connectivity index (χ4v) is 4.75. The van der Waals surface area contributed by atoms with Gasteiger partial charge in [-0.1, -0.05) is 0 Å². The van der Waals surface area contributed by atoms with Gasteiger partial charge in [0.25, 0.3) is 0 Å². The number of likely N-dealkylation sites (tertiary alicyclic amines) is 1. The standard InChI is InChI=1S/C24H36N6O3/c1-17(25-24(31)19-5-8-28(2)9-6-19)23-27-26-22-7-10-29(11-12-30(22)23)16-18-13-20(32-3)15-21(14-18)33-4/h13-15,17,19H,5-12,16H2,1-4H3,(H,25,31)/t17-/m0/s1. The van der Waals surface area contributed by atoms with Crippen LogP contribution in [0.25, 0.3) is 0 Å². The normalized spacial score (nSPS) is 18.9. The van der Waals surface area contributed by atoms with Crippen LogP contribution in [0.4, 0.5) is 0 Å². The third-order valence-corrected chi connectivity index (χ3v) is 6.80. The number of carbonyl (C=O) groups excluding carboxylic acids is 1. The van der Waals surface area contributed by atoms with E-state index < -0.39 is 0 Å². The highest BCUT2D eigenvalue weighted by Crippen LogP contribution is 2.24. The summed E-state index contributed by atoms with van der Waals surface area (Å²) < 4.78 is 13.0. The summed E-state index contributed by atoms with van der Waals surface area (Å²) in [5, 5.41) is 12.1. The average Bonchev–Trinajstić information content (AvgIpc) is 3.13. The van der Waals surface area contributed by atoms with E-state index in [1.54, 1.807) is 14.2 Å². The second-order valence-corrected chi connectivity index (χ2v) is 9.18. The van der Waals surface area contributed by atoms with E-state index in [1.807, 2.05) is 13.0 Å². The number of aromatic nitrogens is 3. The van der Waals surface area contributed by atoms with Gasteiger partial charge < -0.3 is 24.3 Å². The van der Waals surface area contributed by atoms with Gasteiger partial charge in [0.1, 0.15) is 17.3 Å². The third kappa shape index (κ3) is 5.65. The Morgan fingerprint density at radius 1 is 1.06 bits per heavy atom. The lowest BCUT2D eigenvalue weighted by Gasteiger charge is -2.29. The van der Waals surface area contributed by atoms with Crippen LogP contribution < -0.4 is 14.8 Å². The van der Waals surface area contributed by atoms with Gasteiger partial charge in [0.2, 0.25) is 5.91 Å². The summed E-state index contributed by atoms with van der Waals surface area (Å²) in [4.78, 5) is 17.5. The Kier molecular flexibility index (Phi) is 7.49. The molecule has 1 N–H and O–H groups in total. The van der Waals surface area contributed by atoms with Crippen molar-refractivity contribution in [2.24, 2.45) is 5.92 Å². The maximum atomic E-state index is 12.8. The van der Waals surface area contributed by atoms with E-state index in [4.69, 9.17) is 9.47 Å². The fraction of sp³-hybridized carbons (Fsp3) is 0.625. The summed E-state index contributed by atoms with van der Waals surface area (Å²) >= 11 is 0. The third-order valence-electron chi connectivity index (χ3n) is 6.80. The number of rotatable bonds is 7. The average molecular weight is 457 g/mol. The molecule has 1 atom stereocenters. The summed E-state index contributed by atoms with van der Waals surface area (Å²) in [6.45, 7) is 7.34. The van der Waals surface area contributed by atoms with Crippen LogP contribution in [0.3, 0.4) is 0 Å². The van der Waals surface area contributed by atoms with E-state index in [0.717, 1.165) is 87.2 Å². The minimum Gasteiger partial charge on any atom is -0.497 e. The summed E-state index contributed by atoms with van der Waals surface area (Å²) in [5.74, 6) is 3.65. The molecule has 0 spiro atoms. The smallest absolute Gasteiger partial charge is 0.223 e. The number of ether oxygens (including phenoxy) is 2. The van der Waals surface area contributed by atoms with Crippen molar-refractivity contribution in [3.63, 3.8) is 0 Å². The van der Waals surface area contributed by atoms with E-state index in [0.29, 0.717) is 0 Å². The molecule has 9 nitrogen and oxygen atoms in total. The van der Waals surface area contributed by atoms with E-state index in [-0.39, 0.29) is 17.9 Å². The maximum absolute atomic E-state index is 12.8. The molecule has 0 unspecified atom stereocenters. The number of hydrogen-bond acceptors (Lipinski definition) is 7. The number of amides is 1. The molecule has 4 rings (SSSR count). The Balaban J connectivity index is 1.38. The van der Waals surface area contributed by atoms with Crippen molar-refractivity contribution < 1.29 is 14.3 Å². The summed E-state index contributed by atoms with van der Waals surface area (Å²) in [5.41, 5.74) is 1.16. The molecule has 0 radical (unpaired) electrons. The van der Waals surface area contributed by atoms with Gasteiger partial charge in [0.15, 0.2) is 5.82 Å². The highest BCUT2D eigenvalue weighted by Gasteiger charge is 2.27. The first-order chi connectivity index (χ1) is 16.0. The van der Waals surface area contributed by atoms with Crippen LogP contribution in [-0.4, -0.2) is 77.9 Å². The predicted octanol–water partition coefficient (Wildman–Crippen LogP) is 1.87. The molecule has 2 aliphatic rings. The summed E-state index contributed by atoms with van der Waals surface area (Å²) in [6, 6.07) is 5.84. The highest BCUT2D eigenvalue weighted by molar-refractivity contribution is 5.79. The van der Waals surface area contributed by atoms with Gasteiger partial charge in [-0.15, -0.1) is 10.2 Å². The van der Waals surface area contributed by atoms with Gasteiger partial charge in [0, 0.05) is 44.6 Å². The van der Waals surface area contributed by atoms with Crippen LogP contribution in [0.2, 0.25) is 0 Å². The van der Waals surface area contributed by atoms with Gasteiger partial charge in [-0.05, 0) is 57.6 Å². The summed E-state index contributed by atoms with van der Waals surface area (Å²) in [6.07, 6.45) is 2.65. The number of carbonyl (C=O) groups is 1. The van der Waals surface area contributed by atoms with E-state index in [2.05, 4.69) is 49.1 Å². The molecule has 2 aliphatic heterocycles. The molecule has 0 aliphatic carbocycles. The van der Waals surface area contributed by atoms with Gasteiger partial charge in [0.05, 0.1) is 20.3 Å². The number of nitrogens with zero attached hydrogens (tertiary/aromatic N) is 5. The highest BCUT2D eigenvalue weighted by atomic mass is 16.5. The van der Waals surface area contributed by atoms with Crippen LogP contribution in [0.5, 0.6) is 11.5 Å². The predicted molar refractivity (Wildman–Crippen MR) is 125 cm³/mol. The van der Waals surface area contributed by atoms with E-state index in [1.165, 1.54) is 0 Å². The molecular weight excluding hydrogens is 420 g/mol. The van der Waals surface area contributed by atoms with Gasteiger partial charge in [-0.2, -0.15) is 0 Å². The van der Waals surface area contributed by atoms with Gasteiger partial charge in [-0.3, -0.25) is 9.69 Å². The lowest BCUT2D eigenvalue weighted by atomic mass is 9.96. The van der Waals surface area contributed by atoms with Gasteiger partial charge >= 0.3 is 0 Å². The van der Waals surface area contributed by atoms with Crippen LogP contribution in [0.15, 0.2) is 18.2 Å². The first-order valence-electron chi connectivity index (χ1n) is 11.8. The molecule has 0 bridgehead atoms. The molecule has 33 heavy (non-hydrogen) atoms. The topological polar surface area (TPSA) is 84.7 Å². The second-order valence-electron chi connectivity index (χ2n) is 9.18. The number of fused-ring (bicyclic) bond motifs is 1. The molecule has 1 fully saturated rings. The van der Waals surface area contributed by atoms with Crippen molar-refractivity contribution in [2.75, 3.05) is 47.4 Å². The lowest BCUT2D eigenvalue weighted by molar-refractivity contribution is -0.127. The minimum atomic E-state index is -0.160. The minimum absolute atomic E-state index is 0.0884. The Morgan fingerprint density at radius 2 is 1.76 bits per heavy atom. The van der Waals surface area contributed by atoms with Crippen LogP contribution in [0.1, 0.15) is 43.0 Å². The molecule has 2 aromatic rings. The van der Waals surface area contributed by atoms with E-state index in [9.17, 15) is 4.79 Å².